The van der Waals surface area contributed by atoms with Crippen molar-refractivity contribution in [2.75, 3.05) is 12.4 Å². The zero-order valence-corrected chi connectivity index (χ0v) is 10.6. The molecule has 0 aliphatic heterocycles. The van der Waals surface area contributed by atoms with Crippen LogP contribution in [-0.4, -0.2) is 35.9 Å². The molecular formula is C10H17N3O3S. The minimum atomic E-state index is -3.29. The van der Waals surface area contributed by atoms with Crippen LogP contribution in [0.5, 0.6) is 0 Å². The van der Waals surface area contributed by atoms with Gasteiger partial charge in [-0.05, 0) is 19.8 Å². The van der Waals surface area contributed by atoms with Gasteiger partial charge < -0.3 is 5.11 Å². The molecule has 2 N–H and O–H groups in total. The molecule has 0 saturated carbocycles. The zero-order valence-electron chi connectivity index (χ0n) is 9.76. The van der Waals surface area contributed by atoms with Gasteiger partial charge in [-0.15, -0.1) is 0 Å². The number of rotatable bonds is 7. The highest BCUT2D eigenvalue weighted by molar-refractivity contribution is 7.89. The lowest BCUT2D eigenvalue weighted by atomic mass is 10.4. The van der Waals surface area contributed by atoms with Crippen LogP contribution in [0.25, 0.3) is 0 Å². The second kappa shape index (κ2) is 6.63. The lowest BCUT2D eigenvalue weighted by Gasteiger charge is -2.05. The fourth-order valence-electron chi connectivity index (χ4n) is 1.17. The van der Waals surface area contributed by atoms with Gasteiger partial charge in [0, 0.05) is 12.8 Å². The first-order valence-corrected chi connectivity index (χ1v) is 7.04. The molecule has 1 heterocycles. The van der Waals surface area contributed by atoms with E-state index in [0.29, 0.717) is 18.5 Å². The largest absolute Gasteiger partial charge is 0.396 e. The number of aryl methyl sites for hydroxylation is 1. The van der Waals surface area contributed by atoms with Crippen LogP contribution in [-0.2, 0) is 16.6 Å². The minimum Gasteiger partial charge on any atom is -0.396 e. The molecule has 0 bridgehead atoms. The summed E-state index contributed by atoms with van der Waals surface area (Å²) in [5, 5.41) is 8.56. The monoisotopic (exact) mass is 259 g/mol. The van der Waals surface area contributed by atoms with E-state index in [1.165, 1.54) is 0 Å². The molecule has 0 aromatic carbocycles. The first-order valence-electron chi connectivity index (χ1n) is 5.39. The van der Waals surface area contributed by atoms with E-state index in [9.17, 15) is 8.42 Å². The van der Waals surface area contributed by atoms with Crippen molar-refractivity contribution in [2.24, 2.45) is 0 Å². The molecule has 0 saturated heterocycles. The standard InChI is InChI=1S/C10H17N3O3S/c1-9-6-12-10(7-11-9)8-13-17(15,16)5-3-2-4-14/h6-7,13-14H,2-5,8H2,1H3. The molecule has 0 aliphatic carbocycles. The van der Waals surface area contributed by atoms with Crippen molar-refractivity contribution < 1.29 is 13.5 Å². The summed E-state index contributed by atoms with van der Waals surface area (Å²) >= 11 is 0. The van der Waals surface area contributed by atoms with Gasteiger partial charge in [0.2, 0.25) is 10.0 Å². The van der Waals surface area contributed by atoms with E-state index >= 15 is 0 Å². The number of aliphatic hydroxyl groups excluding tert-OH is 1. The van der Waals surface area contributed by atoms with Crippen molar-refractivity contribution in [3.05, 3.63) is 23.8 Å². The summed E-state index contributed by atoms with van der Waals surface area (Å²) in [4.78, 5) is 8.07. The summed E-state index contributed by atoms with van der Waals surface area (Å²) in [5.41, 5.74) is 1.38. The Morgan fingerprint density at radius 1 is 1.29 bits per heavy atom. The fraction of sp³-hybridized carbons (Fsp3) is 0.600. The van der Waals surface area contributed by atoms with Crippen molar-refractivity contribution >= 4 is 10.0 Å². The van der Waals surface area contributed by atoms with Crippen LogP contribution in [0.1, 0.15) is 24.2 Å². The van der Waals surface area contributed by atoms with Gasteiger partial charge in [-0.3, -0.25) is 9.97 Å². The van der Waals surface area contributed by atoms with Crippen LogP contribution in [0.15, 0.2) is 12.4 Å². The molecule has 0 unspecified atom stereocenters. The van der Waals surface area contributed by atoms with Gasteiger partial charge in [-0.2, -0.15) is 0 Å². The van der Waals surface area contributed by atoms with E-state index in [2.05, 4.69) is 14.7 Å². The van der Waals surface area contributed by atoms with Crippen LogP contribution >= 0.6 is 0 Å². The average molecular weight is 259 g/mol. The van der Waals surface area contributed by atoms with Gasteiger partial charge in [0.1, 0.15) is 0 Å². The minimum absolute atomic E-state index is 0.0129. The maximum atomic E-state index is 11.5. The predicted molar refractivity (Wildman–Crippen MR) is 63.7 cm³/mol. The Morgan fingerprint density at radius 3 is 2.65 bits per heavy atom. The molecule has 0 fully saturated rings. The van der Waals surface area contributed by atoms with Gasteiger partial charge in [0.15, 0.2) is 0 Å². The van der Waals surface area contributed by atoms with Crippen molar-refractivity contribution in [1.29, 1.82) is 0 Å². The van der Waals surface area contributed by atoms with Gasteiger partial charge in [0.25, 0.3) is 0 Å². The fourth-order valence-corrected chi connectivity index (χ4v) is 2.27. The summed E-state index contributed by atoms with van der Waals surface area (Å²) in [6.07, 6.45) is 4.08. The SMILES string of the molecule is Cc1cnc(CNS(=O)(=O)CCCCO)cn1. The Kier molecular flexibility index (Phi) is 5.46. The molecule has 0 radical (unpaired) electrons. The smallest absolute Gasteiger partial charge is 0.211 e. The highest BCUT2D eigenvalue weighted by Crippen LogP contribution is 1.97. The maximum Gasteiger partial charge on any atom is 0.211 e. The van der Waals surface area contributed by atoms with E-state index in [0.717, 1.165) is 5.69 Å². The van der Waals surface area contributed by atoms with Gasteiger partial charge >= 0.3 is 0 Å². The van der Waals surface area contributed by atoms with Gasteiger partial charge in [-0.1, -0.05) is 0 Å². The molecule has 0 aliphatic rings. The maximum absolute atomic E-state index is 11.5. The summed E-state index contributed by atoms with van der Waals surface area (Å²) < 4.78 is 25.5. The number of hydrogen-bond donors (Lipinski definition) is 2. The summed E-state index contributed by atoms with van der Waals surface area (Å²) in [6.45, 7) is 1.98. The van der Waals surface area contributed by atoms with E-state index in [1.54, 1.807) is 12.4 Å². The third-order valence-electron chi connectivity index (χ3n) is 2.13. The molecule has 6 nitrogen and oxygen atoms in total. The quantitative estimate of drug-likeness (QED) is 0.671. The van der Waals surface area contributed by atoms with Crippen LogP contribution < -0.4 is 4.72 Å². The molecule has 1 rings (SSSR count). The van der Waals surface area contributed by atoms with Crippen molar-refractivity contribution in [3.63, 3.8) is 0 Å². The molecule has 1 aromatic heterocycles. The topological polar surface area (TPSA) is 92.2 Å². The highest BCUT2D eigenvalue weighted by Gasteiger charge is 2.09. The highest BCUT2D eigenvalue weighted by atomic mass is 32.2. The molecule has 0 amide bonds. The molecular weight excluding hydrogens is 242 g/mol. The number of aromatic nitrogens is 2. The average Bonchev–Trinajstić information content (AvgIpc) is 2.29. The third-order valence-corrected chi connectivity index (χ3v) is 3.54. The molecule has 1 aromatic rings. The van der Waals surface area contributed by atoms with E-state index in [-0.39, 0.29) is 18.9 Å². The number of sulfonamides is 1. The molecule has 96 valence electrons. The molecule has 7 heteroatoms. The second-order valence-corrected chi connectivity index (χ2v) is 5.65. The summed E-state index contributed by atoms with van der Waals surface area (Å²) in [7, 11) is -3.29. The Balaban J connectivity index is 2.41. The number of unbranched alkanes of at least 4 members (excludes halogenated alkanes) is 1. The van der Waals surface area contributed by atoms with Crippen molar-refractivity contribution in [2.45, 2.75) is 26.3 Å². The zero-order chi connectivity index (χ0) is 12.7. The third kappa shape index (κ3) is 5.71. The number of nitrogens with zero attached hydrogens (tertiary/aromatic N) is 2. The van der Waals surface area contributed by atoms with Crippen molar-refractivity contribution in [3.8, 4) is 0 Å². The first-order chi connectivity index (χ1) is 8.03. The normalized spacial score (nSPS) is 11.6. The van der Waals surface area contributed by atoms with Crippen LogP contribution in [0, 0.1) is 6.92 Å². The molecule has 0 atom stereocenters. The van der Waals surface area contributed by atoms with Crippen LogP contribution in [0.3, 0.4) is 0 Å². The Labute approximate surface area is 101 Å². The molecule has 17 heavy (non-hydrogen) atoms. The van der Waals surface area contributed by atoms with Gasteiger partial charge in [0.05, 0.1) is 29.9 Å². The number of nitrogens with one attached hydrogen (secondary N) is 1. The van der Waals surface area contributed by atoms with Crippen LogP contribution in [0.4, 0.5) is 0 Å². The Hall–Kier alpha value is -1.05. The summed E-state index contributed by atoms with van der Waals surface area (Å²) in [5.74, 6) is 0.0207. The van der Waals surface area contributed by atoms with E-state index in [1.807, 2.05) is 6.92 Å². The molecule has 0 spiro atoms. The Bertz CT molecular complexity index is 431. The van der Waals surface area contributed by atoms with E-state index < -0.39 is 10.0 Å². The number of hydrogen-bond acceptors (Lipinski definition) is 5. The summed E-state index contributed by atoms with van der Waals surface area (Å²) in [6, 6.07) is 0. The second-order valence-electron chi connectivity index (χ2n) is 3.72. The van der Waals surface area contributed by atoms with E-state index in [4.69, 9.17) is 5.11 Å². The predicted octanol–water partition coefficient (Wildman–Crippen LogP) is -0.0231. The Morgan fingerprint density at radius 2 is 2.06 bits per heavy atom. The van der Waals surface area contributed by atoms with Crippen molar-refractivity contribution in [1.82, 2.24) is 14.7 Å². The van der Waals surface area contributed by atoms with Gasteiger partial charge in [-0.25, -0.2) is 13.1 Å². The first kappa shape index (κ1) is 14.0. The van der Waals surface area contributed by atoms with Crippen LogP contribution in [0.2, 0.25) is 0 Å². The number of aliphatic hydroxyl groups is 1. The lowest BCUT2D eigenvalue weighted by molar-refractivity contribution is 0.287. The lowest BCUT2D eigenvalue weighted by Crippen LogP contribution is -2.26.